The van der Waals surface area contributed by atoms with Crippen LogP contribution in [0.3, 0.4) is 0 Å². The molecule has 3 rings (SSSR count). The van der Waals surface area contributed by atoms with Crippen molar-refractivity contribution in [3.05, 3.63) is 33.6 Å². The fourth-order valence-electron chi connectivity index (χ4n) is 1.77. The van der Waals surface area contributed by atoms with Crippen molar-refractivity contribution in [3.63, 3.8) is 0 Å². The van der Waals surface area contributed by atoms with Crippen molar-refractivity contribution >= 4 is 38.4 Å². The van der Waals surface area contributed by atoms with Crippen LogP contribution in [-0.4, -0.2) is 9.97 Å². The molecule has 0 saturated heterocycles. The molecule has 1 saturated carbocycles. The van der Waals surface area contributed by atoms with Crippen LogP contribution in [0.15, 0.2) is 22.9 Å². The van der Waals surface area contributed by atoms with Gasteiger partial charge in [0.15, 0.2) is 4.73 Å². The standard InChI is InChI=1S/C11H8BrClN2/c12-11-14-9-5-7(13)3-4-8(9)10(15-11)6-1-2-6/h3-6H,1-2H2. The van der Waals surface area contributed by atoms with Crippen LogP contribution in [0.25, 0.3) is 10.9 Å². The van der Waals surface area contributed by atoms with Gasteiger partial charge in [0.25, 0.3) is 0 Å². The first-order chi connectivity index (χ1) is 7.24. The second-order valence-corrected chi connectivity index (χ2v) is 4.96. The van der Waals surface area contributed by atoms with Gasteiger partial charge in [-0.25, -0.2) is 9.97 Å². The van der Waals surface area contributed by atoms with Gasteiger partial charge in [0.1, 0.15) is 0 Å². The summed E-state index contributed by atoms with van der Waals surface area (Å²) < 4.78 is 0.652. The van der Waals surface area contributed by atoms with Gasteiger partial charge in [-0.2, -0.15) is 0 Å². The van der Waals surface area contributed by atoms with Crippen LogP contribution in [-0.2, 0) is 0 Å². The van der Waals surface area contributed by atoms with E-state index in [1.165, 1.54) is 12.8 Å². The average Bonchev–Trinajstić information content (AvgIpc) is 2.98. The summed E-state index contributed by atoms with van der Waals surface area (Å²) in [6.07, 6.45) is 2.47. The molecule has 15 heavy (non-hydrogen) atoms. The van der Waals surface area contributed by atoms with E-state index in [4.69, 9.17) is 11.6 Å². The van der Waals surface area contributed by atoms with Gasteiger partial charge in [-0.1, -0.05) is 11.6 Å². The molecule has 4 heteroatoms. The molecule has 1 aliphatic carbocycles. The van der Waals surface area contributed by atoms with E-state index >= 15 is 0 Å². The third-order valence-electron chi connectivity index (χ3n) is 2.63. The fraction of sp³-hybridized carbons (Fsp3) is 0.273. The van der Waals surface area contributed by atoms with Gasteiger partial charge in [-0.05, 0) is 47.0 Å². The SMILES string of the molecule is Clc1ccc2c(C3CC3)nc(Br)nc2c1. The number of halogens is 2. The lowest BCUT2D eigenvalue weighted by molar-refractivity contribution is 0.996. The largest absolute Gasteiger partial charge is 0.226 e. The van der Waals surface area contributed by atoms with Crippen LogP contribution >= 0.6 is 27.5 Å². The first-order valence-electron chi connectivity index (χ1n) is 4.87. The quantitative estimate of drug-likeness (QED) is 0.741. The number of aromatic nitrogens is 2. The lowest BCUT2D eigenvalue weighted by Gasteiger charge is -2.04. The van der Waals surface area contributed by atoms with Crippen LogP contribution < -0.4 is 0 Å². The molecule has 76 valence electrons. The highest BCUT2D eigenvalue weighted by molar-refractivity contribution is 9.10. The molecule has 1 aromatic heterocycles. The predicted octanol–water partition coefficient (Wildman–Crippen LogP) is 3.92. The summed E-state index contributed by atoms with van der Waals surface area (Å²) in [7, 11) is 0. The third kappa shape index (κ3) is 1.74. The molecule has 0 atom stereocenters. The number of hydrogen-bond donors (Lipinski definition) is 0. The highest BCUT2D eigenvalue weighted by Crippen LogP contribution is 2.42. The van der Waals surface area contributed by atoms with Gasteiger partial charge < -0.3 is 0 Å². The fourth-order valence-corrected chi connectivity index (χ4v) is 2.31. The van der Waals surface area contributed by atoms with Gasteiger partial charge >= 0.3 is 0 Å². The van der Waals surface area contributed by atoms with E-state index in [2.05, 4.69) is 25.9 Å². The van der Waals surface area contributed by atoms with E-state index in [9.17, 15) is 0 Å². The van der Waals surface area contributed by atoms with E-state index in [-0.39, 0.29) is 0 Å². The smallest absolute Gasteiger partial charge is 0.197 e. The molecule has 0 aliphatic heterocycles. The number of nitrogens with zero attached hydrogens (tertiary/aromatic N) is 2. The highest BCUT2D eigenvalue weighted by Gasteiger charge is 2.27. The summed E-state index contributed by atoms with van der Waals surface area (Å²) in [5.41, 5.74) is 2.08. The molecule has 0 radical (unpaired) electrons. The Labute approximate surface area is 101 Å². The monoisotopic (exact) mass is 282 g/mol. The van der Waals surface area contributed by atoms with Gasteiger partial charge in [0.05, 0.1) is 11.2 Å². The second kappa shape index (κ2) is 3.42. The van der Waals surface area contributed by atoms with Crippen LogP contribution in [0, 0.1) is 0 Å². The first kappa shape index (κ1) is 9.55. The minimum atomic E-state index is 0.618. The maximum Gasteiger partial charge on any atom is 0.197 e. The van der Waals surface area contributed by atoms with Gasteiger partial charge in [-0.3, -0.25) is 0 Å². The lowest BCUT2D eigenvalue weighted by atomic mass is 10.1. The van der Waals surface area contributed by atoms with E-state index < -0.39 is 0 Å². The van der Waals surface area contributed by atoms with Crippen molar-refractivity contribution in [1.82, 2.24) is 9.97 Å². The molecule has 0 N–H and O–H groups in total. The minimum absolute atomic E-state index is 0.618. The molecular formula is C11H8BrClN2. The molecule has 1 aromatic carbocycles. The highest BCUT2D eigenvalue weighted by atomic mass is 79.9. The Kier molecular flexibility index (Phi) is 2.18. The summed E-state index contributed by atoms with van der Waals surface area (Å²) in [6.45, 7) is 0. The van der Waals surface area contributed by atoms with Crippen molar-refractivity contribution in [1.29, 1.82) is 0 Å². The van der Waals surface area contributed by atoms with E-state index in [1.807, 2.05) is 18.2 Å². The van der Waals surface area contributed by atoms with Crippen molar-refractivity contribution < 1.29 is 0 Å². The zero-order chi connectivity index (χ0) is 10.4. The summed E-state index contributed by atoms with van der Waals surface area (Å²) in [5.74, 6) is 0.618. The van der Waals surface area contributed by atoms with E-state index in [0.717, 1.165) is 21.6 Å². The zero-order valence-corrected chi connectivity index (χ0v) is 10.2. The molecule has 0 unspecified atom stereocenters. The Morgan fingerprint density at radius 2 is 2.07 bits per heavy atom. The van der Waals surface area contributed by atoms with Crippen molar-refractivity contribution in [2.24, 2.45) is 0 Å². The van der Waals surface area contributed by atoms with Crippen LogP contribution in [0.1, 0.15) is 24.5 Å². The van der Waals surface area contributed by atoms with Gasteiger partial charge in [0, 0.05) is 16.3 Å². The molecule has 0 spiro atoms. The van der Waals surface area contributed by atoms with Crippen molar-refractivity contribution in [3.8, 4) is 0 Å². The molecule has 1 heterocycles. The second-order valence-electron chi connectivity index (χ2n) is 3.81. The Morgan fingerprint density at radius 1 is 1.27 bits per heavy atom. The topological polar surface area (TPSA) is 25.8 Å². The Hall–Kier alpha value is -0.670. The Morgan fingerprint density at radius 3 is 2.80 bits per heavy atom. The molecule has 1 aliphatic rings. The van der Waals surface area contributed by atoms with Crippen molar-refractivity contribution in [2.75, 3.05) is 0 Å². The minimum Gasteiger partial charge on any atom is -0.226 e. The third-order valence-corrected chi connectivity index (χ3v) is 3.21. The Bertz CT molecular complexity index is 532. The van der Waals surface area contributed by atoms with E-state index in [1.54, 1.807) is 0 Å². The number of benzene rings is 1. The predicted molar refractivity (Wildman–Crippen MR) is 64.2 cm³/mol. The van der Waals surface area contributed by atoms with Crippen LogP contribution in [0.2, 0.25) is 5.02 Å². The van der Waals surface area contributed by atoms with Crippen LogP contribution in [0.5, 0.6) is 0 Å². The molecule has 0 amide bonds. The maximum atomic E-state index is 5.94. The Balaban J connectivity index is 2.33. The molecule has 0 bridgehead atoms. The van der Waals surface area contributed by atoms with Crippen molar-refractivity contribution in [2.45, 2.75) is 18.8 Å². The number of fused-ring (bicyclic) bond motifs is 1. The average molecular weight is 284 g/mol. The maximum absolute atomic E-state index is 5.94. The van der Waals surface area contributed by atoms with E-state index in [0.29, 0.717) is 10.7 Å². The summed E-state index contributed by atoms with van der Waals surface area (Å²) in [4.78, 5) is 8.78. The number of rotatable bonds is 1. The normalized spacial score (nSPS) is 15.9. The molecule has 2 nitrogen and oxygen atoms in total. The first-order valence-corrected chi connectivity index (χ1v) is 6.04. The molecule has 2 aromatic rings. The summed E-state index contributed by atoms with van der Waals surface area (Å²) >= 11 is 9.28. The van der Waals surface area contributed by atoms with Crippen LogP contribution in [0.4, 0.5) is 0 Å². The zero-order valence-electron chi connectivity index (χ0n) is 7.87. The number of hydrogen-bond acceptors (Lipinski definition) is 2. The van der Waals surface area contributed by atoms with Gasteiger partial charge in [0.2, 0.25) is 0 Å². The summed E-state index contributed by atoms with van der Waals surface area (Å²) in [6, 6.07) is 5.79. The summed E-state index contributed by atoms with van der Waals surface area (Å²) in [5, 5.41) is 1.85. The molecule has 1 fully saturated rings. The molecular weight excluding hydrogens is 275 g/mol. The lowest BCUT2D eigenvalue weighted by Crippen LogP contribution is -1.93. The van der Waals surface area contributed by atoms with Gasteiger partial charge in [-0.15, -0.1) is 0 Å².